The Labute approximate surface area is 282 Å². The van der Waals surface area contributed by atoms with Gasteiger partial charge in [0.2, 0.25) is 0 Å². The zero-order valence-electron chi connectivity index (χ0n) is 28.5. The number of pyridine rings is 1. The number of hydrogen-bond donors (Lipinski definition) is 6. The predicted octanol–water partition coefficient (Wildman–Crippen LogP) is 6.10. The van der Waals surface area contributed by atoms with Crippen LogP contribution in [-0.2, 0) is 4.74 Å². The van der Waals surface area contributed by atoms with Crippen molar-refractivity contribution in [2.45, 2.75) is 65.6 Å². The average molecular weight is 653 g/mol. The molecule has 1 aliphatic heterocycles. The van der Waals surface area contributed by atoms with Gasteiger partial charge in [0.15, 0.2) is 0 Å². The predicted molar refractivity (Wildman–Crippen MR) is 189 cm³/mol. The van der Waals surface area contributed by atoms with E-state index in [1.807, 2.05) is 83.1 Å². The lowest BCUT2D eigenvalue weighted by Crippen LogP contribution is -2.48. The Bertz CT molecular complexity index is 1720. The number of carbonyl (C=O) groups is 1. The van der Waals surface area contributed by atoms with E-state index in [4.69, 9.17) is 25.7 Å². The van der Waals surface area contributed by atoms with E-state index in [-0.39, 0.29) is 29.7 Å². The first-order valence-electron chi connectivity index (χ1n) is 16.5. The summed E-state index contributed by atoms with van der Waals surface area (Å²) < 4.78 is 13.6. The number of nitrogens with zero attached hydrogens (tertiary/aromatic N) is 2. The van der Waals surface area contributed by atoms with E-state index in [0.29, 0.717) is 49.2 Å². The number of benzene rings is 2. The number of allylic oxidation sites excluding steroid dienone is 1. The summed E-state index contributed by atoms with van der Waals surface area (Å²) in [6.45, 7) is 12.7. The van der Waals surface area contributed by atoms with E-state index >= 15 is 0 Å². The van der Waals surface area contributed by atoms with Crippen LogP contribution in [0.1, 0.15) is 69.4 Å². The number of morpholine rings is 1. The van der Waals surface area contributed by atoms with Crippen molar-refractivity contribution in [1.82, 2.24) is 20.1 Å². The number of aryl methyl sites for hydroxylation is 1. The van der Waals surface area contributed by atoms with Gasteiger partial charge in [-0.3, -0.25) is 25.6 Å². The zero-order valence-corrected chi connectivity index (χ0v) is 28.5. The second-order valence-electron chi connectivity index (χ2n) is 13.5. The minimum Gasteiger partial charge on any atom is -0.484 e. The molecule has 3 aromatic rings. The smallest absolute Gasteiger partial charge is 0.320 e. The number of rotatable bonds is 9. The van der Waals surface area contributed by atoms with Crippen LogP contribution in [0.15, 0.2) is 78.8 Å². The molecule has 6 N–H and O–H groups in total. The van der Waals surface area contributed by atoms with E-state index in [2.05, 4.69) is 20.9 Å². The maximum atomic E-state index is 13.4. The number of fused-ring (bicyclic) bond motifs is 1. The molecule has 0 unspecified atom stereocenters. The summed E-state index contributed by atoms with van der Waals surface area (Å²) in [4.78, 5) is 15.6. The molecule has 48 heavy (non-hydrogen) atoms. The van der Waals surface area contributed by atoms with Gasteiger partial charge >= 0.3 is 6.03 Å². The second kappa shape index (κ2) is 15.0. The van der Waals surface area contributed by atoms with Crippen molar-refractivity contribution in [3.63, 3.8) is 0 Å². The van der Waals surface area contributed by atoms with Gasteiger partial charge in [-0.15, -0.1) is 0 Å². The summed E-state index contributed by atoms with van der Waals surface area (Å²) in [7, 11) is 0. The van der Waals surface area contributed by atoms with Crippen LogP contribution >= 0.6 is 0 Å². The standard InChI is InChI=1S/C37H48N8O3/c1-24-10-12-26(13-11-24)41-34(22-32(38)37(3,4)5)43-36(46)42-30-15-16-31(29-9-7-6-8-28(29)30)48-27-14-17-33(39)45(23-27)35(40)25(2)44-18-20-47-21-19-44/h6-14,17,22-23,25,30-31,38-41H,15-16,18-21H2,1-5H3,(H2,42,43,46)/b34-22+,38-32?,39-33?,40-35?/t25-,30+,31-/m1/s1. The van der Waals surface area contributed by atoms with Gasteiger partial charge in [-0.05, 0) is 62.1 Å². The minimum atomic E-state index is -0.392. The molecule has 0 radical (unpaired) electrons. The lowest BCUT2D eigenvalue weighted by atomic mass is 9.85. The van der Waals surface area contributed by atoms with Crippen LogP contribution in [0.3, 0.4) is 0 Å². The van der Waals surface area contributed by atoms with Crippen LogP contribution in [-0.4, -0.2) is 59.4 Å². The first kappa shape index (κ1) is 34.6. The fourth-order valence-corrected chi connectivity index (χ4v) is 5.85. The molecule has 5 rings (SSSR count). The van der Waals surface area contributed by atoms with Crippen LogP contribution in [0.4, 0.5) is 10.5 Å². The number of hydrogen-bond acceptors (Lipinski definition) is 8. The monoisotopic (exact) mass is 652 g/mol. The highest BCUT2D eigenvalue weighted by atomic mass is 16.5. The number of urea groups is 1. The van der Waals surface area contributed by atoms with Gasteiger partial charge in [0.25, 0.3) is 0 Å². The molecular weight excluding hydrogens is 604 g/mol. The first-order valence-corrected chi connectivity index (χ1v) is 16.5. The number of carbonyl (C=O) groups excluding carboxylic acids is 1. The van der Waals surface area contributed by atoms with E-state index in [1.54, 1.807) is 29.0 Å². The third kappa shape index (κ3) is 8.59. The number of aromatic nitrogens is 1. The fourth-order valence-electron chi connectivity index (χ4n) is 5.85. The molecule has 0 saturated carbocycles. The highest BCUT2D eigenvalue weighted by molar-refractivity contribution is 5.97. The van der Waals surface area contributed by atoms with Gasteiger partial charge in [0.05, 0.1) is 31.5 Å². The van der Waals surface area contributed by atoms with Gasteiger partial charge in [-0.1, -0.05) is 62.7 Å². The minimum absolute atomic E-state index is 0.173. The Kier molecular flexibility index (Phi) is 10.8. The Balaban J connectivity index is 1.29. The van der Waals surface area contributed by atoms with Crippen molar-refractivity contribution >= 4 is 23.3 Å². The van der Waals surface area contributed by atoms with E-state index in [0.717, 1.165) is 35.5 Å². The van der Waals surface area contributed by atoms with Gasteiger partial charge in [-0.2, -0.15) is 0 Å². The third-order valence-electron chi connectivity index (χ3n) is 8.86. The summed E-state index contributed by atoms with van der Waals surface area (Å²) in [5.74, 6) is 1.31. The number of nitrogens with one attached hydrogen (secondary N) is 6. The van der Waals surface area contributed by atoms with Crippen molar-refractivity contribution in [3.8, 4) is 5.75 Å². The first-order chi connectivity index (χ1) is 22.9. The third-order valence-corrected chi connectivity index (χ3v) is 8.86. The maximum absolute atomic E-state index is 13.4. The molecule has 3 atom stereocenters. The molecule has 2 aromatic carbocycles. The van der Waals surface area contributed by atoms with Gasteiger partial charge in [0, 0.05) is 36.0 Å². The molecule has 2 amide bonds. The summed E-state index contributed by atoms with van der Waals surface area (Å²) in [6.07, 6.45) is 4.44. The normalized spacial score (nSPS) is 19.1. The quantitative estimate of drug-likeness (QED) is 0.122. The number of anilines is 1. The highest BCUT2D eigenvalue weighted by Gasteiger charge is 2.30. The van der Waals surface area contributed by atoms with Crippen LogP contribution in [0.5, 0.6) is 5.75 Å². The largest absolute Gasteiger partial charge is 0.484 e. The topological polar surface area (TPSA) is 151 Å². The number of ether oxygens (including phenoxy) is 2. The lowest BCUT2D eigenvalue weighted by Gasteiger charge is -2.33. The van der Waals surface area contributed by atoms with Crippen molar-refractivity contribution in [1.29, 1.82) is 16.2 Å². The average Bonchev–Trinajstić information content (AvgIpc) is 3.07. The molecule has 2 heterocycles. The van der Waals surface area contributed by atoms with E-state index < -0.39 is 5.41 Å². The summed E-state index contributed by atoms with van der Waals surface area (Å²) in [5.41, 5.74) is 4.10. The Morgan fingerprint density at radius 2 is 1.69 bits per heavy atom. The number of amides is 2. The van der Waals surface area contributed by atoms with Crippen LogP contribution in [0.25, 0.3) is 0 Å². The second-order valence-corrected chi connectivity index (χ2v) is 13.5. The Morgan fingerprint density at radius 3 is 2.38 bits per heavy atom. The molecule has 0 bridgehead atoms. The van der Waals surface area contributed by atoms with Gasteiger partial charge in [0.1, 0.15) is 29.0 Å². The molecule has 11 heteroatoms. The molecule has 1 saturated heterocycles. The summed E-state index contributed by atoms with van der Waals surface area (Å²) >= 11 is 0. The van der Waals surface area contributed by atoms with Crippen molar-refractivity contribution in [2.75, 3.05) is 31.6 Å². The summed E-state index contributed by atoms with van der Waals surface area (Å²) in [6, 6.07) is 18.5. The highest BCUT2D eigenvalue weighted by Crippen LogP contribution is 2.38. The SMILES string of the molecule is Cc1ccc(N/C(=C\C(=N)C(C)(C)C)NC(=O)N[C@H]2CC[C@@H](Oc3ccc(=N)n(C(=N)[C@@H](C)N4CCOCC4)c3)c3ccccc32)cc1. The van der Waals surface area contributed by atoms with Crippen LogP contribution < -0.4 is 26.2 Å². The molecule has 254 valence electrons. The zero-order chi connectivity index (χ0) is 34.4. The molecular formula is C37H48N8O3. The van der Waals surface area contributed by atoms with Gasteiger partial charge < -0.3 is 25.5 Å². The Hall–Kier alpha value is -4.74. The Morgan fingerprint density at radius 1 is 1.00 bits per heavy atom. The molecule has 0 spiro atoms. The maximum Gasteiger partial charge on any atom is 0.320 e. The fraction of sp³-hybridized carbons (Fsp3) is 0.405. The van der Waals surface area contributed by atoms with Crippen LogP contribution in [0, 0.1) is 28.6 Å². The molecule has 1 fully saturated rings. The van der Waals surface area contributed by atoms with E-state index in [9.17, 15) is 4.79 Å². The summed E-state index contributed by atoms with van der Waals surface area (Å²) in [5, 5.41) is 35.3. The van der Waals surface area contributed by atoms with Crippen molar-refractivity contribution in [3.05, 3.63) is 101 Å². The molecule has 2 aliphatic rings. The molecule has 1 aromatic heterocycles. The lowest BCUT2D eigenvalue weighted by molar-refractivity contribution is 0.0311. The molecule has 11 nitrogen and oxygen atoms in total. The van der Waals surface area contributed by atoms with Crippen molar-refractivity contribution < 1.29 is 14.3 Å². The van der Waals surface area contributed by atoms with Crippen LogP contribution in [0.2, 0.25) is 0 Å². The van der Waals surface area contributed by atoms with Gasteiger partial charge in [-0.25, -0.2) is 4.79 Å². The molecule has 1 aliphatic carbocycles. The van der Waals surface area contributed by atoms with E-state index in [1.165, 1.54) is 0 Å². The van der Waals surface area contributed by atoms with Crippen molar-refractivity contribution in [2.24, 2.45) is 5.41 Å².